The highest BCUT2D eigenvalue weighted by Gasteiger charge is 2.28. The summed E-state index contributed by atoms with van der Waals surface area (Å²) in [5.41, 5.74) is 4.50. The molecule has 2 unspecified atom stereocenters. The predicted octanol–water partition coefficient (Wildman–Crippen LogP) is 1.19. The first-order valence-corrected chi connectivity index (χ1v) is 14.1. The number of hydrogen-bond acceptors (Lipinski definition) is 7. The Kier molecular flexibility index (Phi) is 17.2. The molecule has 0 aromatic carbocycles. The third kappa shape index (κ3) is 13.3. The van der Waals surface area contributed by atoms with Gasteiger partial charge in [-0.3, -0.25) is 19.2 Å². The Morgan fingerprint density at radius 3 is 2.26 bits per heavy atom. The van der Waals surface area contributed by atoms with Gasteiger partial charge in [-0.25, -0.2) is 0 Å². The number of carbonyl (C=O) groups excluding carboxylic acids is 4. The number of rotatable bonds is 15. The molecule has 11 nitrogen and oxygen atoms in total. The summed E-state index contributed by atoms with van der Waals surface area (Å²) in [7, 11) is 1.50. The van der Waals surface area contributed by atoms with E-state index >= 15 is 0 Å². The summed E-state index contributed by atoms with van der Waals surface area (Å²) in [5.74, 6) is -1.70. The van der Waals surface area contributed by atoms with Crippen LogP contribution in [0.25, 0.3) is 0 Å². The van der Waals surface area contributed by atoms with Gasteiger partial charge in [-0.15, -0.1) is 0 Å². The van der Waals surface area contributed by atoms with E-state index in [4.69, 9.17) is 0 Å². The Morgan fingerprint density at radius 1 is 1.03 bits per heavy atom. The van der Waals surface area contributed by atoms with E-state index in [9.17, 15) is 29.1 Å². The van der Waals surface area contributed by atoms with Crippen LogP contribution in [0.3, 0.4) is 0 Å². The molecule has 1 aliphatic heterocycles. The van der Waals surface area contributed by atoms with Crippen LogP contribution in [0.2, 0.25) is 0 Å². The third-order valence-electron chi connectivity index (χ3n) is 7.37. The molecule has 2 rings (SSSR count). The molecule has 0 spiro atoms. The van der Waals surface area contributed by atoms with Crippen LogP contribution in [0.15, 0.2) is 0 Å². The van der Waals surface area contributed by atoms with Crippen molar-refractivity contribution in [1.29, 1.82) is 0 Å². The van der Waals surface area contributed by atoms with Crippen LogP contribution < -0.4 is 21.7 Å². The van der Waals surface area contributed by atoms with Gasteiger partial charge in [0, 0.05) is 13.0 Å². The number of nitrogens with one attached hydrogen (secondary N) is 3. The molecule has 3 amide bonds. The molecule has 0 aromatic heterocycles. The summed E-state index contributed by atoms with van der Waals surface area (Å²) >= 11 is 0. The Hall–Kier alpha value is -2.53. The number of carbonyl (C=O) groups is 5. The molecule has 1 saturated heterocycles. The first kappa shape index (κ1) is 33.5. The van der Waals surface area contributed by atoms with Crippen LogP contribution in [0.5, 0.6) is 0 Å². The second-order valence-electron chi connectivity index (χ2n) is 10.2. The smallest absolute Gasteiger partial charge is 0.305 e. The molecule has 2 aliphatic rings. The summed E-state index contributed by atoms with van der Waals surface area (Å²) in [6, 6.07) is -2.04. The zero-order valence-corrected chi connectivity index (χ0v) is 23.2. The molecule has 0 bridgehead atoms. The van der Waals surface area contributed by atoms with Gasteiger partial charge < -0.3 is 36.5 Å². The van der Waals surface area contributed by atoms with Crippen molar-refractivity contribution in [2.45, 2.75) is 96.1 Å². The zero-order valence-electron chi connectivity index (χ0n) is 23.2. The molecule has 0 aromatic rings. The van der Waals surface area contributed by atoms with E-state index < -0.39 is 36.3 Å². The molecule has 0 radical (unpaired) electrons. The molecule has 2 fully saturated rings. The maximum absolute atomic E-state index is 12.8. The Balaban J connectivity index is 0.00000352. The fraction of sp³-hybridized carbons (Fsp3) is 0.815. The standard InChI is InChI=1S/C26H44N4O6.CH5N/c1-2-30(24(33)10-6-9-19-11-13-27-14-12-19)17-23(32)29-22(16-25(34)35)26(36)28-21(18-31)15-20-7-4-3-5-8-20;1-2/h18-22,27H,2-17H2,1H3,(H,28,36)(H,29,32)(H,34,35);2H2,1H3. The minimum atomic E-state index is -1.32. The van der Waals surface area contributed by atoms with E-state index in [1.807, 2.05) is 0 Å². The van der Waals surface area contributed by atoms with Gasteiger partial charge in [0.1, 0.15) is 12.3 Å². The summed E-state index contributed by atoms with van der Waals surface area (Å²) in [5, 5.41) is 17.6. The lowest BCUT2D eigenvalue weighted by molar-refractivity contribution is -0.141. The van der Waals surface area contributed by atoms with Gasteiger partial charge in [-0.05, 0) is 71.0 Å². The number of piperidine rings is 1. The largest absolute Gasteiger partial charge is 0.481 e. The molecule has 38 heavy (non-hydrogen) atoms. The molecule has 6 N–H and O–H groups in total. The fourth-order valence-corrected chi connectivity index (χ4v) is 5.26. The van der Waals surface area contributed by atoms with Gasteiger partial charge in [-0.2, -0.15) is 0 Å². The van der Waals surface area contributed by atoms with E-state index in [2.05, 4.69) is 21.7 Å². The first-order valence-electron chi connectivity index (χ1n) is 14.1. The number of carboxylic acids is 1. The number of carboxylic acid groups (broad SMARTS) is 1. The molecule has 1 heterocycles. The Morgan fingerprint density at radius 2 is 1.68 bits per heavy atom. The van der Waals surface area contributed by atoms with Gasteiger partial charge in [-0.1, -0.05) is 32.1 Å². The van der Waals surface area contributed by atoms with E-state index in [-0.39, 0.29) is 12.5 Å². The van der Waals surface area contributed by atoms with Crippen LogP contribution in [0.4, 0.5) is 0 Å². The summed E-state index contributed by atoms with van der Waals surface area (Å²) < 4.78 is 0. The minimum Gasteiger partial charge on any atom is -0.481 e. The minimum absolute atomic E-state index is 0.130. The van der Waals surface area contributed by atoms with Gasteiger partial charge in [0.25, 0.3) is 0 Å². The lowest BCUT2D eigenvalue weighted by Crippen LogP contribution is -2.53. The predicted molar refractivity (Wildman–Crippen MR) is 145 cm³/mol. The quantitative estimate of drug-likeness (QED) is 0.193. The van der Waals surface area contributed by atoms with Crippen molar-refractivity contribution in [2.24, 2.45) is 17.6 Å². The van der Waals surface area contributed by atoms with Crippen LogP contribution in [-0.4, -0.2) is 85.3 Å². The summed E-state index contributed by atoms with van der Waals surface area (Å²) in [4.78, 5) is 62.4. The van der Waals surface area contributed by atoms with E-state index in [1.54, 1.807) is 6.92 Å². The monoisotopic (exact) mass is 539 g/mol. The number of amides is 3. The molecule has 1 aliphatic carbocycles. The highest BCUT2D eigenvalue weighted by atomic mass is 16.4. The maximum atomic E-state index is 12.8. The normalized spacial score (nSPS) is 17.8. The van der Waals surface area contributed by atoms with Gasteiger partial charge in [0.15, 0.2) is 0 Å². The summed E-state index contributed by atoms with van der Waals surface area (Å²) in [6.45, 7) is 3.90. The number of nitrogens with zero attached hydrogens (tertiary/aromatic N) is 1. The lowest BCUT2D eigenvalue weighted by Gasteiger charge is -2.26. The topological polar surface area (TPSA) is 171 Å². The van der Waals surface area contributed by atoms with Crippen molar-refractivity contribution in [1.82, 2.24) is 20.9 Å². The van der Waals surface area contributed by atoms with Crippen molar-refractivity contribution in [2.75, 3.05) is 33.2 Å². The molecule has 11 heteroatoms. The Bertz CT molecular complexity index is 737. The van der Waals surface area contributed by atoms with E-state index in [0.717, 1.165) is 64.5 Å². The summed E-state index contributed by atoms with van der Waals surface area (Å²) in [6.07, 6.45) is 10.3. The second kappa shape index (κ2) is 19.5. The maximum Gasteiger partial charge on any atom is 0.305 e. The fourth-order valence-electron chi connectivity index (χ4n) is 5.26. The first-order chi connectivity index (χ1) is 18.3. The Labute approximate surface area is 227 Å². The van der Waals surface area contributed by atoms with Crippen molar-refractivity contribution in [3.05, 3.63) is 0 Å². The molecule has 1 saturated carbocycles. The van der Waals surface area contributed by atoms with Crippen molar-refractivity contribution in [3.8, 4) is 0 Å². The third-order valence-corrected chi connectivity index (χ3v) is 7.37. The van der Waals surface area contributed by atoms with Gasteiger partial charge >= 0.3 is 5.97 Å². The number of nitrogens with two attached hydrogens (primary N) is 1. The van der Waals surface area contributed by atoms with Crippen molar-refractivity contribution < 1.29 is 29.1 Å². The zero-order chi connectivity index (χ0) is 28.3. The molecule has 2 atom stereocenters. The van der Waals surface area contributed by atoms with Crippen LogP contribution >= 0.6 is 0 Å². The number of hydrogen-bond donors (Lipinski definition) is 5. The molecular weight excluding hydrogens is 490 g/mol. The van der Waals surface area contributed by atoms with Crippen molar-refractivity contribution >= 4 is 30.0 Å². The molecular formula is C27H49N5O6. The van der Waals surface area contributed by atoms with Crippen LogP contribution in [-0.2, 0) is 24.0 Å². The van der Waals surface area contributed by atoms with E-state index in [0.29, 0.717) is 37.5 Å². The SMILES string of the molecule is CCN(CC(=O)NC(CC(=O)O)C(=O)NC(C=O)CC1CCCCC1)C(=O)CCCC1CCNCC1.CN. The highest BCUT2D eigenvalue weighted by Crippen LogP contribution is 2.27. The number of likely N-dealkylation sites (N-methyl/N-ethyl adjacent to an activating group) is 1. The molecule has 218 valence electrons. The average molecular weight is 540 g/mol. The van der Waals surface area contributed by atoms with Crippen LogP contribution in [0, 0.1) is 11.8 Å². The van der Waals surface area contributed by atoms with Crippen LogP contribution in [0.1, 0.15) is 84.0 Å². The highest BCUT2D eigenvalue weighted by molar-refractivity contribution is 5.93. The average Bonchev–Trinajstić information content (AvgIpc) is 2.92. The second-order valence-corrected chi connectivity index (χ2v) is 10.2. The number of aliphatic carboxylic acids is 1. The van der Waals surface area contributed by atoms with Gasteiger partial charge in [0.2, 0.25) is 17.7 Å². The van der Waals surface area contributed by atoms with E-state index in [1.165, 1.54) is 18.4 Å². The number of aldehydes is 1. The van der Waals surface area contributed by atoms with Crippen molar-refractivity contribution in [3.63, 3.8) is 0 Å². The van der Waals surface area contributed by atoms with Gasteiger partial charge in [0.05, 0.1) is 19.0 Å². The lowest BCUT2D eigenvalue weighted by atomic mass is 9.85.